The minimum Gasteiger partial charge on any atom is -0.490 e. The SMILES string of the molecule is CCNC(=O)C[C@H]1CC[C@H]2[C@H](COc3ccc(NC(=O)Cc4ccccc4)cc3C(=O)N2C)O1. The predicted octanol–water partition coefficient (Wildman–Crippen LogP) is 2.77. The van der Waals surface area contributed by atoms with Crippen molar-refractivity contribution in [3.63, 3.8) is 0 Å². The van der Waals surface area contributed by atoms with Crippen LogP contribution in [0.5, 0.6) is 5.75 Å². The van der Waals surface area contributed by atoms with Crippen molar-refractivity contribution in [2.75, 3.05) is 25.5 Å². The molecule has 4 rings (SSSR count). The fourth-order valence-corrected chi connectivity index (χ4v) is 4.57. The summed E-state index contributed by atoms with van der Waals surface area (Å²) in [7, 11) is 1.77. The second-order valence-electron chi connectivity index (χ2n) is 8.75. The number of rotatable bonds is 6. The Kier molecular flexibility index (Phi) is 7.47. The van der Waals surface area contributed by atoms with Gasteiger partial charge in [-0.05, 0) is 43.5 Å². The third-order valence-corrected chi connectivity index (χ3v) is 6.29. The van der Waals surface area contributed by atoms with E-state index in [-0.39, 0.29) is 49.0 Å². The minimum absolute atomic E-state index is 0.0330. The smallest absolute Gasteiger partial charge is 0.257 e. The summed E-state index contributed by atoms with van der Waals surface area (Å²) in [4.78, 5) is 39.5. The molecule has 2 heterocycles. The number of carbonyl (C=O) groups is 3. The van der Waals surface area contributed by atoms with Crippen LogP contribution in [0.15, 0.2) is 48.5 Å². The van der Waals surface area contributed by atoms with Gasteiger partial charge in [0, 0.05) is 19.3 Å². The van der Waals surface area contributed by atoms with Gasteiger partial charge in [-0.2, -0.15) is 0 Å². The largest absolute Gasteiger partial charge is 0.490 e. The molecular weight excluding hydrogens is 434 g/mol. The van der Waals surface area contributed by atoms with Crippen molar-refractivity contribution >= 4 is 23.4 Å². The van der Waals surface area contributed by atoms with E-state index < -0.39 is 0 Å². The normalized spacial score (nSPS) is 21.9. The monoisotopic (exact) mass is 465 g/mol. The van der Waals surface area contributed by atoms with Crippen molar-refractivity contribution in [3.05, 3.63) is 59.7 Å². The van der Waals surface area contributed by atoms with Crippen molar-refractivity contribution in [1.82, 2.24) is 10.2 Å². The van der Waals surface area contributed by atoms with Crippen molar-refractivity contribution in [3.8, 4) is 5.75 Å². The fourth-order valence-electron chi connectivity index (χ4n) is 4.57. The summed E-state index contributed by atoms with van der Waals surface area (Å²) in [5, 5.41) is 5.68. The van der Waals surface area contributed by atoms with Crippen LogP contribution in [0.1, 0.15) is 42.1 Å². The first kappa shape index (κ1) is 23.8. The van der Waals surface area contributed by atoms with Crippen LogP contribution in [0.3, 0.4) is 0 Å². The maximum atomic E-state index is 13.3. The molecule has 180 valence electrons. The number of likely N-dealkylation sites (N-methyl/N-ethyl adjacent to an activating group) is 1. The first-order chi connectivity index (χ1) is 16.4. The Morgan fingerprint density at radius 1 is 1.09 bits per heavy atom. The average molecular weight is 466 g/mol. The van der Waals surface area contributed by atoms with E-state index in [1.54, 1.807) is 30.1 Å². The highest BCUT2D eigenvalue weighted by Gasteiger charge is 2.39. The average Bonchev–Trinajstić information content (AvgIpc) is 2.82. The van der Waals surface area contributed by atoms with E-state index >= 15 is 0 Å². The van der Waals surface area contributed by atoms with Crippen LogP contribution in [0.25, 0.3) is 0 Å². The van der Waals surface area contributed by atoms with Crippen molar-refractivity contribution in [2.24, 2.45) is 0 Å². The van der Waals surface area contributed by atoms with Gasteiger partial charge in [0.05, 0.1) is 30.6 Å². The van der Waals surface area contributed by atoms with Gasteiger partial charge in [-0.3, -0.25) is 14.4 Å². The lowest BCUT2D eigenvalue weighted by molar-refractivity contribution is -0.134. The van der Waals surface area contributed by atoms with Crippen molar-refractivity contribution in [1.29, 1.82) is 0 Å². The summed E-state index contributed by atoms with van der Waals surface area (Å²) in [6.07, 6.45) is 1.46. The second kappa shape index (κ2) is 10.7. The summed E-state index contributed by atoms with van der Waals surface area (Å²) < 4.78 is 12.2. The molecule has 0 saturated carbocycles. The summed E-state index contributed by atoms with van der Waals surface area (Å²) in [6.45, 7) is 2.75. The highest BCUT2D eigenvalue weighted by Crippen LogP contribution is 2.32. The molecule has 8 nitrogen and oxygen atoms in total. The van der Waals surface area contributed by atoms with Crippen LogP contribution in [-0.2, 0) is 20.7 Å². The highest BCUT2D eigenvalue weighted by atomic mass is 16.5. The van der Waals surface area contributed by atoms with Gasteiger partial charge in [0.15, 0.2) is 0 Å². The van der Waals surface area contributed by atoms with Gasteiger partial charge in [0.1, 0.15) is 18.5 Å². The zero-order valence-electron chi connectivity index (χ0n) is 19.6. The Morgan fingerprint density at radius 3 is 2.65 bits per heavy atom. The van der Waals surface area contributed by atoms with Crippen LogP contribution < -0.4 is 15.4 Å². The van der Waals surface area contributed by atoms with E-state index in [9.17, 15) is 14.4 Å². The lowest BCUT2D eigenvalue weighted by Gasteiger charge is -2.42. The van der Waals surface area contributed by atoms with Crippen LogP contribution in [0.4, 0.5) is 5.69 Å². The standard InChI is InChI=1S/C26H31N3O5/c1-3-27-24(30)15-19-10-11-21-23(34-19)16-33-22-12-9-18(14-20(22)26(32)29(21)2)28-25(31)13-17-7-5-4-6-8-17/h4-9,12,14,19,21,23H,3,10-11,13,15-16H2,1-2H3,(H,27,30)(H,28,31)/t19-,21+,23+/m1/s1. The molecule has 3 atom stereocenters. The summed E-state index contributed by atoms with van der Waals surface area (Å²) >= 11 is 0. The Bertz CT molecular complexity index is 1040. The quantitative estimate of drug-likeness (QED) is 0.684. The third-order valence-electron chi connectivity index (χ3n) is 6.29. The first-order valence-electron chi connectivity index (χ1n) is 11.7. The zero-order chi connectivity index (χ0) is 24.1. The topological polar surface area (TPSA) is 97.0 Å². The lowest BCUT2D eigenvalue weighted by Crippen LogP contribution is -2.54. The predicted molar refractivity (Wildman–Crippen MR) is 128 cm³/mol. The Balaban J connectivity index is 1.45. The number of anilines is 1. The molecule has 8 heteroatoms. The number of amides is 3. The molecule has 0 radical (unpaired) electrons. The van der Waals surface area contributed by atoms with Gasteiger partial charge in [0.2, 0.25) is 11.8 Å². The molecule has 34 heavy (non-hydrogen) atoms. The Labute approximate surface area is 199 Å². The number of carbonyl (C=O) groups excluding carboxylic acids is 3. The van der Waals surface area contributed by atoms with Gasteiger partial charge in [-0.25, -0.2) is 0 Å². The lowest BCUT2D eigenvalue weighted by atomic mass is 9.94. The summed E-state index contributed by atoms with van der Waals surface area (Å²) in [5.41, 5.74) is 1.87. The molecule has 2 aromatic carbocycles. The summed E-state index contributed by atoms with van der Waals surface area (Å²) in [5.74, 6) is 0.0763. The molecule has 2 aliphatic heterocycles. The zero-order valence-corrected chi connectivity index (χ0v) is 19.6. The van der Waals surface area contributed by atoms with Crippen molar-refractivity contribution in [2.45, 2.75) is 50.9 Å². The van der Waals surface area contributed by atoms with Gasteiger partial charge in [-0.15, -0.1) is 0 Å². The molecule has 0 unspecified atom stereocenters. The molecule has 0 bridgehead atoms. The van der Waals surface area contributed by atoms with Gasteiger partial charge in [-0.1, -0.05) is 30.3 Å². The Hall–Kier alpha value is -3.39. The van der Waals surface area contributed by atoms with E-state index in [1.807, 2.05) is 37.3 Å². The van der Waals surface area contributed by atoms with Crippen LogP contribution in [0.2, 0.25) is 0 Å². The number of ether oxygens (including phenoxy) is 2. The fraction of sp³-hybridized carbons (Fsp3) is 0.423. The molecule has 2 aromatic rings. The second-order valence-corrected chi connectivity index (χ2v) is 8.75. The van der Waals surface area contributed by atoms with Crippen molar-refractivity contribution < 1.29 is 23.9 Å². The van der Waals surface area contributed by atoms with Crippen LogP contribution in [0, 0.1) is 0 Å². The number of hydrogen-bond acceptors (Lipinski definition) is 5. The molecular formula is C26H31N3O5. The molecule has 1 saturated heterocycles. The van der Waals surface area contributed by atoms with Crippen LogP contribution >= 0.6 is 0 Å². The number of nitrogens with zero attached hydrogens (tertiary/aromatic N) is 1. The highest BCUT2D eigenvalue weighted by molar-refractivity contribution is 6.00. The van der Waals surface area contributed by atoms with E-state index in [1.165, 1.54) is 0 Å². The molecule has 3 amide bonds. The van der Waals surface area contributed by atoms with Crippen LogP contribution in [-0.4, -0.2) is 61.1 Å². The molecule has 0 aliphatic carbocycles. The molecule has 2 N–H and O–H groups in total. The number of fused-ring (bicyclic) bond motifs is 2. The molecule has 0 aromatic heterocycles. The van der Waals surface area contributed by atoms with E-state index in [4.69, 9.17) is 9.47 Å². The first-order valence-corrected chi connectivity index (χ1v) is 11.7. The maximum Gasteiger partial charge on any atom is 0.257 e. The molecule has 2 aliphatic rings. The molecule has 0 spiro atoms. The van der Waals surface area contributed by atoms with E-state index in [0.29, 0.717) is 36.4 Å². The number of nitrogens with one attached hydrogen (secondary N) is 2. The number of benzene rings is 2. The van der Waals surface area contributed by atoms with E-state index in [0.717, 1.165) is 12.0 Å². The van der Waals surface area contributed by atoms with Gasteiger partial charge < -0.3 is 25.0 Å². The Morgan fingerprint density at radius 2 is 1.88 bits per heavy atom. The maximum absolute atomic E-state index is 13.3. The minimum atomic E-state index is -0.319. The third kappa shape index (κ3) is 5.56. The molecule has 1 fully saturated rings. The number of hydrogen-bond donors (Lipinski definition) is 2. The van der Waals surface area contributed by atoms with E-state index in [2.05, 4.69) is 10.6 Å². The van der Waals surface area contributed by atoms with Gasteiger partial charge >= 0.3 is 0 Å². The van der Waals surface area contributed by atoms with Gasteiger partial charge in [0.25, 0.3) is 5.91 Å². The summed E-state index contributed by atoms with van der Waals surface area (Å²) in [6, 6.07) is 14.4.